The number of amides is 1. The van der Waals surface area contributed by atoms with Gasteiger partial charge in [-0.1, -0.05) is 6.07 Å². The molecule has 0 aliphatic carbocycles. The van der Waals surface area contributed by atoms with Crippen LogP contribution < -0.4 is 10.1 Å². The molecule has 0 saturated carbocycles. The van der Waals surface area contributed by atoms with E-state index in [-0.39, 0.29) is 5.91 Å². The number of hydrogen-bond acceptors (Lipinski definition) is 4. The van der Waals surface area contributed by atoms with Crippen molar-refractivity contribution in [3.05, 3.63) is 23.9 Å². The largest absolute Gasteiger partial charge is 0.478 e. The van der Waals surface area contributed by atoms with Crippen molar-refractivity contribution in [1.82, 2.24) is 15.2 Å². The number of carbonyl (C=O) groups excluding carboxylic acids is 1. The highest BCUT2D eigenvalue weighted by Crippen LogP contribution is 2.13. The first-order valence-electron chi connectivity index (χ1n) is 5.61. The monoisotopic (exact) mass is 237 g/mol. The molecular formula is C12H19N3O2. The molecule has 17 heavy (non-hydrogen) atoms. The first-order chi connectivity index (χ1) is 8.13. The summed E-state index contributed by atoms with van der Waals surface area (Å²) in [6.45, 7) is 3.29. The Balaban J connectivity index is 2.53. The van der Waals surface area contributed by atoms with E-state index in [9.17, 15) is 4.79 Å². The third-order valence-corrected chi connectivity index (χ3v) is 2.07. The van der Waals surface area contributed by atoms with Gasteiger partial charge < -0.3 is 15.0 Å². The molecule has 0 atom stereocenters. The van der Waals surface area contributed by atoms with E-state index in [0.29, 0.717) is 25.6 Å². The van der Waals surface area contributed by atoms with Gasteiger partial charge in [0.05, 0.1) is 13.2 Å². The van der Waals surface area contributed by atoms with Crippen LogP contribution in [0.2, 0.25) is 0 Å². The Kier molecular flexibility index (Phi) is 5.42. The minimum absolute atomic E-state index is 0.0127. The van der Waals surface area contributed by atoms with E-state index < -0.39 is 0 Å². The molecule has 5 nitrogen and oxygen atoms in total. The quantitative estimate of drug-likeness (QED) is 0.789. The van der Waals surface area contributed by atoms with E-state index in [1.807, 2.05) is 38.1 Å². The Labute approximate surface area is 102 Å². The van der Waals surface area contributed by atoms with Crippen LogP contribution in [0.1, 0.15) is 12.5 Å². The molecule has 0 spiro atoms. The van der Waals surface area contributed by atoms with Crippen LogP contribution in [0, 0.1) is 0 Å². The Morgan fingerprint density at radius 1 is 1.53 bits per heavy atom. The second-order valence-electron chi connectivity index (χ2n) is 3.92. The van der Waals surface area contributed by atoms with E-state index in [4.69, 9.17) is 4.74 Å². The molecule has 0 fully saturated rings. The van der Waals surface area contributed by atoms with Gasteiger partial charge in [0.15, 0.2) is 0 Å². The van der Waals surface area contributed by atoms with Gasteiger partial charge in [0.25, 0.3) is 0 Å². The van der Waals surface area contributed by atoms with Crippen molar-refractivity contribution in [2.24, 2.45) is 0 Å². The lowest BCUT2D eigenvalue weighted by Crippen LogP contribution is -2.32. The summed E-state index contributed by atoms with van der Waals surface area (Å²) < 4.78 is 5.38. The van der Waals surface area contributed by atoms with Gasteiger partial charge in [-0.15, -0.1) is 0 Å². The number of aromatic nitrogens is 1. The van der Waals surface area contributed by atoms with Gasteiger partial charge in [0.1, 0.15) is 0 Å². The summed E-state index contributed by atoms with van der Waals surface area (Å²) in [6, 6.07) is 3.73. The highest BCUT2D eigenvalue weighted by atomic mass is 16.5. The highest BCUT2D eigenvalue weighted by molar-refractivity contribution is 5.77. The summed E-state index contributed by atoms with van der Waals surface area (Å²) in [6.07, 6.45) is 1.68. The lowest BCUT2D eigenvalue weighted by atomic mass is 10.2. The van der Waals surface area contributed by atoms with Crippen LogP contribution in [0.15, 0.2) is 18.3 Å². The van der Waals surface area contributed by atoms with E-state index >= 15 is 0 Å². The van der Waals surface area contributed by atoms with Crippen LogP contribution in [0.4, 0.5) is 0 Å². The van der Waals surface area contributed by atoms with Crippen molar-refractivity contribution in [2.45, 2.75) is 13.5 Å². The third kappa shape index (κ3) is 4.82. The van der Waals surface area contributed by atoms with E-state index in [0.717, 1.165) is 5.56 Å². The molecule has 1 heterocycles. The SMILES string of the molecule is CCOc1ncccc1CNC(=O)CN(C)C. The van der Waals surface area contributed by atoms with Gasteiger partial charge in [-0.05, 0) is 27.1 Å². The van der Waals surface area contributed by atoms with Crippen molar-refractivity contribution in [1.29, 1.82) is 0 Å². The van der Waals surface area contributed by atoms with Crippen LogP contribution in [0.25, 0.3) is 0 Å². The molecule has 1 amide bonds. The van der Waals surface area contributed by atoms with E-state index in [2.05, 4.69) is 10.3 Å². The fourth-order valence-electron chi connectivity index (χ4n) is 1.36. The first kappa shape index (κ1) is 13.4. The summed E-state index contributed by atoms with van der Waals surface area (Å²) in [4.78, 5) is 17.4. The second-order valence-corrected chi connectivity index (χ2v) is 3.92. The van der Waals surface area contributed by atoms with Crippen LogP contribution >= 0.6 is 0 Å². The topological polar surface area (TPSA) is 54.5 Å². The zero-order valence-electron chi connectivity index (χ0n) is 10.6. The first-order valence-corrected chi connectivity index (χ1v) is 5.61. The second kappa shape index (κ2) is 6.85. The van der Waals surface area contributed by atoms with Crippen molar-refractivity contribution in [3.8, 4) is 5.88 Å². The van der Waals surface area contributed by atoms with Crippen molar-refractivity contribution in [2.75, 3.05) is 27.2 Å². The summed E-state index contributed by atoms with van der Waals surface area (Å²) >= 11 is 0. The fourth-order valence-corrected chi connectivity index (χ4v) is 1.36. The highest BCUT2D eigenvalue weighted by Gasteiger charge is 2.06. The van der Waals surface area contributed by atoms with Gasteiger partial charge in [-0.25, -0.2) is 4.98 Å². The predicted octanol–water partition coefficient (Wildman–Crippen LogP) is 0.658. The lowest BCUT2D eigenvalue weighted by Gasteiger charge is -2.12. The Morgan fingerprint density at radius 3 is 2.94 bits per heavy atom. The standard InChI is InChI=1S/C12H19N3O2/c1-4-17-12-10(6-5-7-13-12)8-14-11(16)9-15(2)3/h5-7H,4,8-9H2,1-3H3,(H,14,16). The molecule has 0 aliphatic heterocycles. The molecule has 94 valence electrons. The molecule has 0 radical (unpaired) electrons. The Bertz CT molecular complexity index is 367. The number of carbonyl (C=O) groups is 1. The minimum Gasteiger partial charge on any atom is -0.478 e. The maximum Gasteiger partial charge on any atom is 0.234 e. The third-order valence-electron chi connectivity index (χ3n) is 2.07. The average Bonchev–Trinajstić information content (AvgIpc) is 2.27. The molecule has 1 aromatic rings. The van der Waals surface area contributed by atoms with Crippen LogP contribution in [-0.4, -0.2) is 43.0 Å². The van der Waals surface area contributed by atoms with E-state index in [1.165, 1.54) is 0 Å². The molecule has 1 aromatic heterocycles. The molecule has 5 heteroatoms. The molecule has 0 aliphatic rings. The average molecular weight is 237 g/mol. The Morgan fingerprint density at radius 2 is 2.29 bits per heavy atom. The normalized spacial score (nSPS) is 10.4. The number of nitrogens with zero attached hydrogens (tertiary/aromatic N) is 2. The number of ether oxygens (including phenoxy) is 1. The molecule has 1 rings (SSSR count). The van der Waals surface area contributed by atoms with Crippen molar-refractivity contribution < 1.29 is 9.53 Å². The van der Waals surface area contributed by atoms with Gasteiger partial charge in [-0.3, -0.25) is 4.79 Å². The molecule has 0 bridgehead atoms. The predicted molar refractivity (Wildman–Crippen MR) is 65.8 cm³/mol. The number of rotatable bonds is 6. The van der Waals surface area contributed by atoms with Crippen molar-refractivity contribution in [3.63, 3.8) is 0 Å². The Hall–Kier alpha value is -1.62. The summed E-state index contributed by atoms with van der Waals surface area (Å²) in [5.74, 6) is 0.571. The van der Waals surface area contributed by atoms with Crippen LogP contribution in [0.5, 0.6) is 5.88 Å². The zero-order chi connectivity index (χ0) is 12.7. The lowest BCUT2D eigenvalue weighted by molar-refractivity contribution is -0.121. The molecular weight excluding hydrogens is 218 g/mol. The van der Waals surface area contributed by atoms with Crippen LogP contribution in [-0.2, 0) is 11.3 Å². The summed E-state index contributed by atoms with van der Waals surface area (Å²) in [5, 5.41) is 2.83. The fraction of sp³-hybridized carbons (Fsp3) is 0.500. The number of hydrogen-bond donors (Lipinski definition) is 1. The smallest absolute Gasteiger partial charge is 0.234 e. The number of likely N-dealkylation sites (N-methyl/N-ethyl adjacent to an activating group) is 1. The summed E-state index contributed by atoms with van der Waals surface area (Å²) in [7, 11) is 3.71. The van der Waals surface area contributed by atoms with Gasteiger partial charge in [-0.2, -0.15) is 0 Å². The molecule has 0 saturated heterocycles. The van der Waals surface area contributed by atoms with E-state index in [1.54, 1.807) is 6.20 Å². The molecule has 0 aromatic carbocycles. The number of pyridine rings is 1. The van der Waals surface area contributed by atoms with Gasteiger partial charge in [0.2, 0.25) is 11.8 Å². The molecule has 1 N–H and O–H groups in total. The van der Waals surface area contributed by atoms with Gasteiger partial charge >= 0.3 is 0 Å². The van der Waals surface area contributed by atoms with Crippen molar-refractivity contribution >= 4 is 5.91 Å². The molecule has 0 unspecified atom stereocenters. The summed E-state index contributed by atoms with van der Waals surface area (Å²) in [5.41, 5.74) is 0.890. The van der Waals surface area contributed by atoms with Crippen LogP contribution in [0.3, 0.4) is 0 Å². The number of nitrogens with one attached hydrogen (secondary N) is 1. The maximum atomic E-state index is 11.5. The maximum absolute atomic E-state index is 11.5. The zero-order valence-corrected chi connectivity index (χ0v) is 10.6. The van der Waals surface area contributed by atoms with Gasteiger partial charge in [0, 0.05) is 18.3 Å². The minimum atomic E-state index is -0.0127.